The van der Waals surface area contributed by atoms with Crippen LogP contribution in [0.3, 0.4) is 0 Å². The van der Waals surface area contributed by atoms with E-state index in [2.05, 4.69) is 20.7 Å². The Balaban J connectivity index is 2.31. The van der Waals surface area contributed by atoms with Crippen molar-refractivity contribution in [3.8, 4) is 0 Å². The van der Waals surface area contributed by atoms with Gasteiger partial charge in [0.05, 0.1) is 6.04 Å². The molecule has 0 fully saturated rings. The summed E-state index contributed by atoms with van der Waals surface area (Å²) >= 11 is 0. The van der Waals surface area contributed by atoms with E-state index in [9.17, 15) is 4.39 Å². The number of hydrogen-bond acceptors (Lipinski definition) is 5. The third kappa shape index (κ3) is 3.46. The molecule has 2 aromatic rings. The van der Waals surface area contributed by atoms with Gasteiger partial charge in [-0.1, -0.05) is 26.0 Å². The van der Waals surface area contributed by atoms with Crippen LogP contribution < -0.4 is 16.6 Å². The summed E-state index contributed by atoms with van der Waals surface area (Å²) < 4.78 is 13.3. The van der Waals surface area contributed by atoms with E-state index in [0.717, 1.165) is 11.1 Å². The molecule has 1 unspecified atom stereocenters. The predicted octanol–water partition coefficient (Wildman–Crippen LogP) is 3.20. The fourth-order valence-corrected chi connectivity index (χ4v) is 2.24. The van der Waals surface area contributed by atoms with Gasteiger partial charge in [0.2, 0.25) is 0 Å². The Morgan fingerprint density at radius 2 is 1.86 bits per heavy atom. The molecule has 0 aliphatic heterocycles. The second kappa shape index (κ2) is 6.49. The first-order chi connectivity index (χ1) is 10.0. The van der Waals surface area contributed by atoms with E-state index >= 15 is 0 Å². The van der Waals surface area contributed by atoms with Gasteiger partial charge in [-0.05, 0) is 30.5 Å². The fraction of sp³-hybridized carbons (Fsp3) is 0.333. The molecule has 0 saturated carbocycles. The van der Waals surface area contributed by atoms with E-state index in [-0.39, 0.29) is 17.8 Å². The van der Waals surface area contributed by atoms with Crippen LogP contribution in [0.5, 0.6) is 0 Å². The van der Waals surface area contributed by atoms with Gasteiger partial charge in [0.1, 0.15) is 23.8 Å². The van der Waals surface area contributed by atoms with Crippen molar-refractivity contribution in [1.29, 1.82) is 0 Å². The number of benzene rings is 1. The Morgan fingerprint density at radius 1 is 1.14 bits per heavy atom. The van der Waals surface area contributed by atoms with Crippen LogP contribution in [0.2, 0.25) is 0 Å². The van der Waals surface area contributed by atoms with Crippen LogP contribution in [-0.4, -0.2) is 9.97 Å². The van der Waals surface area contributed by atoms with Crippen LogP contribution in [0.25, 0.3) is 0 Å². The number of halogens is 1. The molecule has 1 atom stereocenters. The summed E-state index contributed by atoms with van der Waals surface area (Å²) in [6.45, 7) is 6.03. The number of nitrogens with zero attached hydrogens (tertiary/aromatic N) is 2. The zero-order valence-corrected chi connectivity index (χ0v) is 12.4. The number of nitrogens with one attached hydrogen (secondary N) is 2. The number of aromatic nitrogens is 2. The van der Waals surface area contributed by atoms with Crippen molar-refractivity contribution in [1.82, 2.24) is 9.97 Å². The molecule has 1 aromatic heterocycles. The van der Waals surface area contributed by atoms with E-state index in [1.165, 1.54) is 18.5 Å². The standard InChI is InChI=1S/C15H20FN5/c1-9(2)13-14(18-8-19-15(13)21-17)20-10(3)11-5-4-6-12(16)7-11/h4-10H,17H2,1-3H3,(H2,18,19,20,21). The van der Waals surface area contributed by atoms with Gasteiger partial charge in [-0.2, -0.15) is 0 Å². The van der Waals surface area contributed by atoms with Crippen LogP contribution in [0.15, 0.2) is 30.6 Å². The molecule has 2 rings (SSSR count). The molecule has 6 heteroatoms. The summed E-state index contributed by atoms with van der Waals surface area (Å²) in [6, 6.07) is 6.42. The Bertz CT molecular complexity index is 615. The van der Waals surface area contributed by atoms with Crippen LogP contribution in [-0.2, 0) is 0 Å². The van der Waals surface area contributed by atoms with Crippen molar-refractivity contribution < 1.29 is 4.39 Å². The zero-order valence-electron chi connectivity index (χ0n) is 12.4. The maximum absolute atomic E-state index is 13.3. The van der Waals surface area contributed by atoms with Crippen LogP contribution in [0.1, 0.15) is 43.9 Å². The summed E-state index contributed by atoms with van der Waals surface area (Å²) in [5.41, 5.74) is 4.35. The number of nitrogens with two attached hydrogens (primary N) is 1. The third-order valence-corrected chi connectivity index (χ3v) is 3.30. The van der Waals surface area contributed by atoms with Crippen molar-refractivity contribution in [2.24, 2.45) is 5.84 Å². The normalized spacial score (nSPS) is 12.3. The van der Waals surface area contributed by atoms with Gasteiger partial charge in [0.25, 0.3) is 0 Å². The molecule has 4 N–H and O–H groups in total. The average molecular weight is 289 g/mol. The lowest BCUT2D eigenvalue weighted by Crippen LogP contribution is -2.16. The lowest BCUT2D eigenvalue weighted by Gasteiger charge is -2.20. The molecule has 0 aliphatic carbocycles. The molecule has 0 amide bonds. The van der Waals surface area contributed by atoms with E-state index in [1.807, 2.05) is 26.8 Å². The Morgan fingerprint density at radius 3 is 2.48 bits per heavy atom. The third-order valence-electron chi connectivity index (χ3n) is 3.30. The van der Waals surface area contributed by atoms with E-state index in [1.54, 1.807) is 6.07 Å². The van der Waals surface area contributed by atoms with E-state index < -0.39 is 0 Å². The van der Waals surface area contributed by atoms with Crippen molar-refractivity contribution in [2.75, 3.05) is 10.7 Å². The van der Waals surface area contributed by atoms with Gasteiger partial charge in [0, 0.05) is 5.56 Å². The van der Waals surface area contributed by atoms with Gasteiger partial charge < -0.3 is 10.7 Å². The highest BCUT2D eigenvalue weighted by Gasteiger charge is 2.16. The molecule has 1 aromatic carbocycles. The quantitative estimate of drug-likeness (QED) is 0.582. The number of hydrazine groups is 1. The number of nitrogen functional groups attached to an aromatic ring is 1. The monoisotopic (exact) mass is 289 g/mol. The molecule has 0 saturated heterocycles. The highest BCUT2D eigenvalue weighted by atomic mass is 19.1. The Labute approximate surface area is 123 Å². The highest BCUT2D eigenvalue weighted by Crippen LogP contribution is 2.30. The van der Waals surface area contributed by atoms with Crippen molar-refractivity contribution >= 4 is 11.6 Å². The second-order valence-electron chi connectivity index (χ2n) is 5.20. The number of anilines is 2. The summed E-state index contributed by atoms with van der Waals surface area (Å²) in [5.74, 6) is 6.73. The van der Waals surface area contributed by atoms with Crippen LogP contribution in [0.4, 0.5) is 16.0 Å². The highest BCUT2D eigenvalue weighted by molar-refractivity contribution is 5.59. The molecule has 1 heterocycles. The Kier molecular flexibility index (Phi) is 4.70. The molecule has 5 nitrogen and oxygen atoms in total. The van der Waals surface area contributed by atoms with Gasteiger partial charge in [0.15, 0.2) is 0 Å². The first-order valence-electron chi connectivity index (χ1n) is 6.86. The molecule has 0 spiro atoms. The lowest BCUT2D eigenvalue weighted by molar-refractivity contribution is 0.623. The zero-order chi connectivity index (χ0) is 15.4. The molecular formula is C15H20FN5. The summed E-state index contributed by atoms with van der Waals surface area (Å²) in [7, 11) is 0. The van der Waals surface area contributed by atoms with Crippen molar-refractivity contribution in [3.63, 3.8) is 0 Å². The topological polar surface area (TPSA) is 75.9 Å². The SMILES string of the molecule is CC(C)c1c(NN)ncnc1NC(C)c1cccc(F)c1. The molecule has 0 aliphatic rings. The summed E-state index contributed by atoms with van der Waals surface area (Å²) in [4.78, 5) is 8.41. The maximum atomic E-state index is 13.3. The minimum atomic E-state index is -0.253. The van der Waals surface area contributed by atoms with E-state index in [4.69, 9.17) is 5.84 Å². The van der Waals surface area contributed by atoms with Gasteiger partial charge in [-0.15, -0.1) is 0 Å². The first-order valence-corrected chi connectivity index (χ1v) is 6.86. The molecule has 0 bridgehead atoms. The summed E-state index contributed by atoms with van der Waals surface area (Å²) in [6.07, 6.45) is 1.45. The molecule has 112 valence electrons. The Hall–Kier alpha value is -2.21. The smallest absolute Gasteiger partial charge is 0.148 e. The van der Waals surface area contributed by atoms with Crippen LogP contribution >= 0.6 is 0 Å². The second-order valence-corrected chi connectivity index (χ2v) is 5.20. The van der Waals surface area contributed by atoms with Crippen LogP contribution in [0, 0.1) is 5.82 Å². The molecule has 21 heavy (non-hydrogen) atoms. The van der Waals surface area contributed by atoms with Gasteiger partial charge >= 0.3 is 0 Å². The number of hydrogen-bond donors (Lipinski definition) is 3. The minimum absolute atomic E-state index is 0.0845. The fourth-order valence-electron chi connectivity index (χ4n) is 2.24. The van der Waals surface area contributed by atoms with Crippen molar-refractivity contribution in [2.45, 2.75) is 32.7 Å². The maximum Gasteiger partial charge on any atom is 0.148 e. The summed E-state index contributed by atoms with van der Waals surface area (Å²) in [5, 5.41) is 3.30. The van der Waals surface area contributed by atoms with Gasteiger partial charge in [-0.3, -0.25) is 0 Å². The molecule has 0 radical (unpaired) electrons. The van der Waals surface area contributed by atoms with Gasteiger partial charge in [-0.25, -0.2) is 20.2 Å². The number of rotatable bonds is 5. The average Bonchev–Trinajstić information content (AvgIpc) is 2.46. The predicted molar refractivity (Wildman–Crippen MR) is 82.4 cm³/mol. The first kappa shape index (κ1) is 15.2. The van der Waals surface area contributed by atoms with Crippen molar-refractivity contribution in [3.05, 3.63) is 47.5 Å². The minimum Gasteiger partial charge on any atom is -0.363 e. The largest absolute Gasteiger partial charge is 0.363 e. The lowest BCUT2D eigenvalue weighted by atomic mass is 10.0. The van der Waals surface area contributed by atoms with E-state index in [0.29, 0.717) is 11.6 Å². The molecular weight excluding hydrogens is 269 g/mol.